The van der Waals surface area contributed by atoms with Crippen LogP contribution in [0.2, 0.25) is 0 Å². The summed E-state index contributed by atoms with van der Waals surface area (Å²) in [5, 5.41) is 1.68. The Morgan fingerprint density at radius 2 is 1.88 bits per heavy atom. The van der Waals surface area contributed by atoms with Crippen LogP contribution in [0.3, 0.4) is 0 Å². The third kappa shape index (κ3) is 2.16. The maximum atomic E-state index is 12.4. The molecule has 1 heterocycles. The van der Waals surface area contributed by atoms with Gasteiger partial charge in [-0.1, -0.05) is 28.1 Å². The van der Waals surface area contributed by atoms with Crippen LogP contribution in [0.5, 0.6) is 0 Å². The lowest BCUT2D eigenvalue weighted by molar-refractivity contribution is 0.287. The zero-order valence-electron chi connectivity index (χ0n) is 9.38. The minimum absolute atomic E-state index is 0.335. The number of hydrogen-bond donors (Lipinski definition) is 0. The number of fused-ring (bicyclic) bond motifs is 1. The Morgan fingerprint density at radius 1 is 1.18 bits per heavy atom. The summed E-state index contributed by atoms with van der Waals surface area (Å²) in [5.41, 5.74) is 0.335. The number of hydrogen-bond acceptors (Lipinski definition) is 4. The monoisotopic (exact) mass is 315 g/mol. The largest absolute Gasteiger partial charge is 0.379 e. The Labute approximate surface area is 108 Å². The molecule has 0 spiro atoms. The van der Waals surface area contributed by atoms with Crippen molar-refractivity contribution >= 4 is 39.7 Å². The minimum Gasteiger partial charge on any atom is -0.307 e. The van der Waals surface area contributed by atoms with E-state index in [9.17, 15) is 4.57 Å². The van der Waals surface area contributed by atoms with Crippen LogP contribution in [-0.4, -0.2) is 19.2 Å². The molecule has 0 fully saturated rings. The van der Waals surface area contributed by atoms with Crippen molar-refractivity contribution in [2.75, 3.05) is 14.2 Å². The third-order valence-electron chi connectivity index (χ3n) is 2.47. The third-order valence-corrected chi connectivity index (χ3v) is 5.00. The predicted molar refractivity (Wildman–Crippen MR) is 70.7 cm³/mol. The van der Waals surface area contributed by atoms with E-state index in [0.29, 0.717) is 5.44 Å². The normalized spacial score (nSPS) is 11.9. The molecule has 0 saturated carbocycles. The number of benzene rings is 1. The van der Waals surface area contributed by atoms with Crippen LogP contribution >= 0.6 is 23.5 Å². The van der Waals surface area contributed by atoms with Crippen LogP contribution in [0.1, 0.15) is 0 Å². The molecule has 1 aromatic carbocycles. The van der Waals surface area contributed by atoms with E-state index in [1.807, 2.05) is 24.3 Å². The van der Waals surface area contributed by atoms with Crippen molar-refractivity contribution in [1.29, 1.82) is 0 Å². The summed E-state index contributed by atoms with van der Waals surface area (Å²) in [5.74, 6) is 0. The first-order valence-electron chi connectivity index (χ1n) is 4.87. The highest BCUT2D eigenvalue weighted by Gasteiger charge is 2.28. The van der Waals surface area contributed by atoms with Crippen LogP contribution in [0.4, 0.5) is 0 Å². The van der Waals surface area contributed by atoms with E-state index in [1.54, 1.807) is 6.20 Å². The van der Waals surface area contributed by atoms with Crippen LogP contribution in [-0.2, 0) is 13.6 Å². The van der Waals surface area contributed by atoms with Crippen molar-refractivity contribution in [3.05, 3.63) is 34.9 Å². The first-order valence-corrected chi connectivity index (χ1v) is 7.21. The number of aromatic nitrogens is 1. The number of halogens is 1. The molecule has 0 radical (unpaired) electrons. The van der Waals surface area contributed by atoms with Gasteiger partial charge in [-0.05, 0) is 17.5 Å². The van der Waals surface area contributed by atoms with E-state index in [-0.39, 0.29) is 0 Å². The fraction of sp³-hybridized carbons (Fsp3) is 0.182. The number of rotatable bonds is 3. The van der Waals surface area contributed by atoms with E-state index in [4.69, 9.17) is 9.05 Å². The molecule has 4 nitrogen and oxygen atoms in total. The lowest BCUT2D eigenvalue weighted by Crippen LogP contribution is -2.13. The topological polar surface area (TPSA) is 48.4 Å². The zero-order valence-corrected chi connectivity index (χ0v) is 11.9. The van der Waals surface area contributed by atoms with E-state index in [1.165, 1.54) is 14.2 Å². The van der Waals surface area contributed by atoms with Gasteiger partial charge in [-0.15, -0.1) is 0 Å². The van der Waals surface area contributed by atoms with Crippen molar-refractivity contribution < 1.29 is 13.6 Å². The summed E-state index contributed by atoms with van der Waals surface area (Å²) < 4.78 is 23.2. The summed E-state index contributed by atoms with van der Waals surface area (Å²) in [4.78, 5) is 4.13. The number of pyridine rings is 1. The maximum Gasteiger partial charge on any atom is 0.379 e. The Balaban J connectivity index is 2.79. The second kappa shape index (κ2) is 4.86. The fourth-order valence-electron chi connectivity index (χ4n) is 1.62. The van der Waals surface area contributed by atoms with E-state index >= 15 is 0 Å². The second-order valence-electron chi connectivity index (χ2n) is 3.33. The van der Waals surface area contributed by atoms with Crippen LogP contribution in [0.25, 0.3) is 10.8 Å². The molecule has 0 aliphatic heterocycles. The summed E-state index contributed by atoms with van der Waals surface area (Å²) in [6.07, 6.45) is 1.59. The molecule has 90 valence electrons. The summed E-state index contributed by atoms with van der Waals surface area (Å²) >= 11 is 3.44. The Bertz CT molecular complexity index is 594. The van der Waals surface area contributed by atoms with Crippen molar-refractivity contribution in [1.82, 2.24) is 4.98 Å². The van der Waals surface area contributed by atoms with Crippen LogP contribution < -0.4 is 5.44 Å². The molecule has 17 heavy (non-hydrogen) atoms. The van der Waals surface area contributed by atoms with Crippen molar-refractivity contribution in [3.8, 4) is 0 Å². The smallest absolute Gasteiger partial charge is 0.307 e. The van der Waals surface area contributed by atoms with Crippen LogP contribution in [0.15, 0.2) is 34.9 Å². The lowest BCUT2D eigenvalue weighted by Gasteiger charge is -2.14. The maximum absolute atomic E-state index is 12.4. The SMILES string of the molecule is COP(=O)(OC)c1nccc2c(Br)cccc12. The van der Waals surface area contributed by atoms with E-state index < -0.39 is 7.60 Å². The molecule has 0 N–H and O–H groups in total. The average Bonchev–Trinajstić information content (AvgIpc) is 2.38. The summed E-state index contributed by atoms with van der Waals surface area (Å²) in [6, 6.07) is 7.45. The van der Waals surface area contributed by atoms with Crippen molar-refractivity contribution in [2.45, 2.75) is 0 Å². The highest BCUT2D eigenvalue weighted by atomic mass is 79.9. The van der Waals surface area contributed by atoms with Gasteiger partial charge >= 0.3 is 7.60 Å². The zero-order chi connectivity index (χ0) is 12.5. The standard InChI is InChI=1S/C11H11BrNO3P/c1-15-17(14,16-2)11-9-4-3-5-10(12)8(9)6-7-13-11/h3-7H,1-2H3. The Morgan fingerprint density at radius 3 is 2.53 bits per heavy atom. The molecular weight excluding hydrogens is 305 g/mol. The molecule has 0 aliphatic carbocycles. The van der Waals surface area contributed by atoms with Gasteiger partial charge in [-0.2, -0.15) is 0 Å². The highest BCUT2D eigenvalue weighted by molar-refractivity contribution is 9.10. The van der Waals surface area contributed by atoms with Gasteiger partial charge in [-0.25, -0.2) is 4.98 Å². The second-order valence-corrected chi connectivity index (χ2v) is 6.34. The molecule has 6 heteroatoms. The molecule has 0 amide bonds. The number of nitrogens with zero attached hydrogens (tertiary/aromatic N) is 1. The predicted octanol–water partition coefficient (Wildman–Crippen LogP) is 3.11. The molecular formula is C11H11BrNO3P. The Kier molecular flexibility index (Phi) is 3.64. The highest BCUT2D eigenvalue weighted by Crippen LogP contribution is 2.46. The molecule has 0 aliphatic rings. The van der Waals surface area contributed by atoms with E-state index in [2.05, 4.69) is 20.9 Å². The van der Waals surface area contributed by atoms with Gasteiger partial charge in [0.2, 0.25) is 0 Å². The summed E-state index contributed by atoms with van der Waals surface area (Å²) in [7, 11) is -0.631. The quantitative estimate of drug-likeness (QED) is 0.817. The van der Waals surface area contributed by atoms with Gasteiger partial charge in [0.05, 0.1) is 0 Å². The fourth-order valence-corrected chi connectivity index (χ4v) is 3.31. The molecule has 2 rings (SSSR count). The summed E-state index contributed by atoms with van der Waals surface area (Å²) in [6.45, 7) is 0. The average molecular weight is 316 g/mol. The minimum atomic E-state index is -3.33. The molecule has 0 atom stereocenters. The van der Waals surface area contributed by atoms with Gasteiger partial charge in [0.15, 0.2) is 5.44 Å². The van der Waals surface area contributed by atoms with Gasteiger partial charge in [0.25, 0.3) is 0 Å². The molecule has 1 aromatic heterocycles. The Hall–Kier alpha value is -0.740. The van der Waals surface area contributed by atoms with E-state index in [0.717, 1.165) is 15.2 Å². The van der Waals surface area contributed by atoms with Gasteiger partial charge in [0.1, 0.15) is 0 Å². The first-order chi connectivity index (χ1) is 8.12. The van der Waals surface area contributed by atoms with Gasteiger partial charge in [-0.3, -0.25) is 4.57 Å². The molecule has 0 saturated heterocycles. The van der Waals surface area contributed by atoms with Gasteiger partial charge in [0, 0.05) is 30.3 Å². The van der Waals surface area contributed by atoms with Crippen molar-refractivity contribution in [2.24, 2.45) is 0 Å². The van der Waals surface area contributed by atoms with Crippen molar-refractivity contribution in [3.63, 3.8) is 0 Å². The molecule has 2 aromatic rings. The lowest BCUT2D eigenvalue weighted by atomic mass is 10.2. The first kappa shape index (κ1) is 12.7. The van der Waals surface area contributed by atoms with Gasteiger partial charge < -0.3 is 9.05 Å². The van der Waals surface area contributed by atoms with Crippen LogP contribution in [0, 0.1) is 0 Å². The molecule has 0 unspecified atom stereocenters. The molecule has 0 bridgehead atoms.